The molecule has 0 spiro atoms. The van der Waals surface area contributed by atoms with Gasteiger partial charge in [0, 0.05) is 12.6 Å². The van der Waals surface area contributed by atoms with Gasteiger partial charge in [-0.05, 0) is 30.4 Å². The van der Waals surface area contributed by atoms with E-state index in [1.165, 1.54) is 36.8 Å². The zero-order valence-corrected chi connectivity index (χ0v) is 9.91. The molecule has 86 valence electrons. The van der Waals surface area contributed by atoms with Crippen LogP contribution in [0.3, 0.4) is 0 Å². The number of nitrogens with one attached hydrogen (secondary N) is 1. The Kier molecular flexibility index (Phi) is 4.17. The first-order chi connectivity index (χ1) is 7.92. The second kappa shape index (κ2) is 5.86. The molecule has 1 aliphatic heterocycles. The predicted octanol–water partition coefficient (Wildman–Crippen LogP) is 3.97. The van der Waals surface area contributed by atoms with Gasteiger partial charge in [0.25, 0.3) is 0 Å². The van der Waals surface area contributed by atoms with Gasteiger partial charge in [-0.2, -0.15) is 0 Å². The Morgan fingerprint density at radius 1 is 1.25 bits per heavy atom. The number of benzene rings is 1. The largest absolute Gasteiger partial charge is 0.306 e. The average Bonchev–Trinajstić information content (AvgIpc) is 2.73. The van der Waals surface area contributed by atoms with E-state index in [1.807, 2.05) is 6.08 Å². The van der Waals surface area contributed by atoms with Crippen LogP contribution in [0.25, 0.3) is 0 Å². The SMILES string of the molecule is C=CCCCCCC1NCc2ccccc21. The lowest BCUT2D eigenvalue weighted by molar-refractivity contribution is 0.504. The van der Waals surface area contributed by atoms with Crippen molar-refractivity contribution in [3.8, 4) is 0 Å². The van der Waals surface area contributed by atoms with Crippen molar-refractivity contribution in [3.05, 3.63) is 48.0 Å². The molecule has 0 fully saturated rings. The van der Waals surface area contributed by atoms with Crippen LogP contribution in [0.5, 0.6) is 0 Å². The van der Waals surface area contributed by atoms with Crippen LogP contribution < -0.4 is 5.32 Å². The molecule has 1 heteroatoms. The number of unbranched alkanes of at least 4 members (excludes halogenated alkanes) is 3. The molecule has 1 heterocycles. The normalized spacial score (nSPS) is 18.4. The number of allylic oxidation sites excluding steroid dienone is 1. The maximum atomic E-state index is 3.75. The molecule has 1 N–H and O–H groups in total. The molecule has 0 bridgehead atoms. The Balaban J connectivity index is 1.78. The highest BCUT2D eigenvalue weighted by atomic mass is 14.9. The van der Waals surface area contributed by atoms with E-state index in [2.05, 4.69) is 36.2 Å². The molecular weight excluding hydrogens is 194 g/mol. The minimum absolute atomic E-state index is 0.597. The minimum atomic E-state index is 0.597. The lowest BCUT2D eigenvalue weighted by atomic mass is 10.00. The number of fused-ring (bicyclic) bond motifs is 1. The van der Waals surface area contributed by atoms with E-state index in [1.54, 1.807) is 0 Å². The van der Waals surface area contributed by atoms with Crippen LogP contribution in [0, 0.1) is 0 Å². The second-order valence-electron chi connectivity index (χ2n) is 4.56. The van der Waals surface area contributed by atoms with E-state index >= 15 is 0 Å². The first-order valence-corrected chi connectivity index (χ1v) is 6.34. The van der Waals surface area contributed by atoms with Crippen molar-refractivity contribution in [2.45, 2.75) is 44.7 Å². The van der Waals surface area contributed by atoms with Gasteiger partial charge in [0.1, 0.15) is 0 Å². The van der Waals surface area contributed by atoms with Crippen molar-refractivity contribution in [2.75, 3.05) is 0 Å². The summed E-state index contributed by atoms with van der Waals surface area (Å²) in [7, 11) is 0. The lowest BCUT2D eigenvalue weighted by Gasteiger charge is -2.11. The Morgan fingerprint density at radius 3 is 3.00 bits per heavy atom. The fraction of sp³-hybridized carbons (Fsp3) is 0.467. The van der Waals surface area contributed by atoms with Crippen LogP contribution >= 0.6 is 0 Å². The van der Waals surface area contributed by atoms with E-state index in [-0.39, 0.29) is 0 Å². The molecule has 1 aliphatic rings. The van der Waals surface area contributed by atoms with Crippen LogP contribution in [-0.4, -0.2) is 0 Å². The molecule has 1 aromatic rings. The Hall–Kier alpha value is -1.08. The van der Waals surface area contributed by atoms with E-state index in [0.29, 0.717) is 6.04 Å². The van der Waals surface area contributed by atoms with E-state index in [9.17, 15) is 0 Å². The zero-order chi connectivity index (χ0) is 11.2. The maximum Gasteiger partial charge on any atom is 0.0326 e. The number of rotatable bonds is 6. The molecule has 16 heavy (non-hydrogen) atoms. The molecule has 0 amide bonds. The minimum Gasteiger partial charge on any atom is -0.306 e. The topological polar surface area (TPSA) is 12.0 Å². The Bertz CT molecular complexity index is 343. The molecule has 0 aliphatic carbocycles. The maximum absolute atomic E-state index is 3.75. The summed E-state index contributed by atoms with van der Waals surface area (Å²) in [6.45, 7) is 4.80. The van der Waals surface area contributed by atoms with Gasteiger partial charge >= 0.3 is 0 Å². The molecule has 2 rings (SSSR count). The fourth-order valence-corrected chi connectivity index (χ4v) is 2.45. The molecular formula is C15H21N. The van der Waals surface area contributed by atoms with Crippen LogP contribution in [0.1, 0.15) is 49.3 Å². The monoisotopic (exact) mass is 215 g/mol. The van der Waals surface area contributed by atoms with E-state index in [0.717, 1.165) is 13.0 Å². The second-order valence-corrected chi connectivity index (χ2v) is 4.56. The van der Waals surface area contributed by atoms with Crippen molar-refractivity contribution >= 4 is 0 Å². The van der Waals surface area contributed by atoms with Crippen LogP contribution in [0.15, 0.2) is 36.9 Å². The van der Waals surface area contributed by atoms with Gasteiger partial charge in [-0.15, -0.1) is 6.58 Å². The van der Waals surface area contributed by atoms with Gasteiger partial charge in [0.05, 0.1) is 0 Å². The van der Waals surface area contributed by atoms with Crippen molar-refractivity contribution in [3.63, 3.8) is 0 Å². The predicted molar refractivity (Wildman–Crippen MR) is 69.3 cm³/mol. The third-order valence-electron chi connectivity index (χ3n) is 3.37. The molecule has 0 aromatic heterocycles. The van der Waals surface area contributed by atoms with Gasteiger partial charge in [-0.3, -0.25) is 0 Å². The summed E-state index contributed by atoms with van der Waals surface area (Å²) in [5.41, 5.74) is 3.00. The third-order valence-corrected chi connectivity index (χ3v) is 3.37. The summed E-state index contributed by atoms with van der Waals surface area (Å²) in [5.74, 6) is 0. The van der Waals surface area contributed by atoms with E-state index in [4.69, 9.17) is 0 Å². The molecule has 0 saturated heterocycles. The van der Waals surface area contributed by atoms with Gasteiger partial charge < -0.3 is 5.32 Å². The molecule has 1 atom stereocenters. The average molecular weight is 215 g/mol. The first-order valence-electron chi connectivity index (χ1n) is 6.34. The summed E-state index contributed by atoms with van der Waals surface area (Å²) in [6, 6.07) is 9.38. The third kappa shape index (κ3) is 2.73. The van der Waals surface area contributed by atoms with Crippen molar-refractivity contribution in [2.24, 2.45) is 0 Å². The van der Waals surface area contributed by atoms with Crippen molar-refractivity contribution < 1.29 is 0 Å². The Labute approximate surface area is 98.6 Å². The number of hydrogen-bond donors (Lipinski definition) is 1. The van der Waals surface area contributed by atoms with Crippen LogP contribution in [0.2, 0.25) is 0 Å². The highest BCUT2D eigenvalue weighted by Crippen LogP contribution is 2.28. The summed E-state index contributed by atoms with van der Waals surface area (Å²) >= 11 is 0. The van der Waals surface area contributed by atoms with Gasteiger partial charge in [0.2, 0.25) is 0 Å². The molecule has 0 radical (unpaired) electrons. The number of hydrogen-bond acceptors (Lipinski definition) is 1. The first kappa shape index (κ1) is 11.4. The highest BCUT2D eigenvalue weighted by molar-refractivity contribution is 5.33. The standard InChI is InChI=1S/C15H21N/c1-2-3-4-5-6-11-15-14-10-8-7-9-13(14)12-16-15/h2,7-10,15-16H,1,3-6,11-12H2. The summed E-state index contributed by atoms with van der Waals surface area (Å²) in [6.07, 6.45) is 8.38. The smallest absolute Gasteiger partial charge is 0.0326 e. The fourth-order valence-electron chi connectivity index (χ4n) is 2.45. The summed E-state index contributed by atoms with van der Waals surface area (Å²) in [5, 5.41) is 3.59. The lowest BCUT2D eigenvalue weighted by Crippen LogP contribution is -2.11. The highest BCUT2D eigenvalue weighted by Gasteiger charge is 2.19. The molecule has 1 nitrogen and oxygen atoms in total. The summed E-state index contributed by atoms with van der Waals surface area (Å²) < 4.78 is 0. The van der Waals surface area contributed by atoms with Crippen LogP contribution in [0.4, 0.5) is 0 Å². The quantitative estimate of drug-likeness (QED) is 0.559. The zero-order valence-electron chi connectivity index (χ0n) is 9.91. The van der Waals surface area contributed by atoms with Gasteiger partial charge in [0.15, 0.2) is 0 Å². The van der Waals surface area contributed by atoms with Crippen molar-refractivity contribution in [1.29, 1.82) is 0 Å². The van der Waals surface area contributed by atoms with Crippen molar-refractivity contribution in [1.82, 2.24) is 5.32 Å². The van der Waals surface area contributed by atoms with E-state index < -0.39 is 0 Å². The summed E-state index contributed by atoms with van der Waals surface area (Å²) in [4.78, 5) is 0. The Morgan fingerprint density at radius 2 is 2.12 bits per heavy atom. The van der Waals surface area contributed by atoms with Gasteiger partial charge in [-0.25, -0.2) is 0 Å². The van der Waals surface area contributed by atoms with Gasteiger partial charge in [-0.1, -0.05) is 43.2 Å². The van der Waals surface area contributed by atoms with Crippen LogP contribution in [-0.2, 0) is 6.54 Å². The molecule has 1 aromatic carbocycles. The molecule has 0 saturated carbocycles. The molecule has 1 unspecified atom stereocenters.